The molecule has 0 spiro atoms. The van der Waals surface area contributed by atoms with Gasteiger partial charge in [0.2, 0.25) is 0 Å². The molecule has 2 fully saturated rings. The van der Waals surface area contributed by atoms with E-state index in [1.165, 1.54) is 38.8 Å². The largest absolute Gasteiger partial charge is 0.377 e. The smallest absolute Gasteiger partial charge is 0.0702 e. The Labute approximate surface area is 99.5 Å². The van der Waals surface area contributed by atoms with E-state index in [1.807, 2.05) is 0 Å². The summed E-state index contributed by atoms with van der Waals surface area (Å²) in [5, 5.41) is 3.55. The Hall–Kier alpha value is -0.120. The van der Waals surface area contributed by atoms with Crippen molar-refractivity contribution in [1.82, 2.24) is 10.2 Å². The summed E-state index contributed by atoms with van der Waals surface area (Å²) in [4.78, 5) is 2.51. The maximum atomic E-state index is 5.68. The highest BCUT2D eigenvalue weighted by atomic mass is 16.5. The average molecular weight is 226 g/mol. The van der Waals surface area contributed by atoms with Crippen molar-refractivity contribution in [2.24, 2.45) is 5.92 Å². The summed E-state index contributed by atoms with van der Waals surface area (Å²) >= 11 is 0. The third kappa shape index (κ3) is 4.40. The van der Waals surface area contributed by atoms with E-state index in [9.17, 15) is 0 Å². The van der Waals surface area contributed by atoms with Gasteiger partial charge in [-0.3, -0.25) is 4.90 Å². The summed E-state index contributed by atoms with van der Waals surface area (Å²) in [6, 6.07) is 0. The third-order valence-electron chi connectivity index (χ3n) is 3.67. The molecule has 1 saturated heterocycles. The van der Waals surface area contributed by atoms with Gasteiger partial charge in [0.1, 0.15) is 0 Å². The monoisotopic (exact) mass is 226 g/mol. The maximum absolute atomic E-state index is 5.68. The fourth-order valence-electron chi connectivity index (χ4n) is 2.32. The first-order valence-electron chi connectivity index (χ1n) is 6.93. The van der Waals surface area contributed by atoms with E-state index < -0.39 is 0 Å². The van der Waals surface area contributed by atoms with Crippen LogP contribution in [0.5, 0.6) is 0 Å². The molecule has 2 aliphatic rings. The van der Waals surface area contributed by atoms with Crippen LogP contribution < -0.4 is 5.32 Å². The highest BCUT2D eigenvalue weighted by Crippen LogP contribution is 2.27. The van der Waals surface area contributed by atoms with Crippen LogP contribution in [0.15, 0.2) is 0 Å². The molecule has 3 nitrogen and oxygen atoms in total. The summed E-state index contributed by atoms with van der Waals surface area (Å²) in [5.41, 5.74) is 0. The molecule has 1 unspecified atom stereocenters. The predicted molar refractivity (Wildman–Crippen MR) is 66.7 cm³/mol. The lowest BCUT2D eigenvalue weighted by atomic mass is 10.2. The Morgan fingerprint density at radius 3 is 2.81 bits per heavy atom. The maximum Gasteiger partial charge on any atom is 0.0702 e. The molecule has 1 aliphatic carbocycles. The third-order valence-corrected chi connectivity index (χ3v) is 3.67. The van der Waals surface area contributed by atoms with Crippen LogP contribution in [0.4, 0.5) is 0 Å². The zero-order chi connectivity index (χ0) is 11.2. The second-order valence-corrected chi connectivity index (χ2v) is 5.18. The first-order valence-corrected chi connectivity index (χ1v) is 6.93. The number of rotatable bonds is 8. The Balaban J connectivity index is 1.52. The van der Waals surface area contributed by atoms with Crippen LogP contribution in [0.2, 0.25) is 0 Å². The molecule has 1 atom stereocenters. The first-order chi connectivity index (χ1) is 7.88. The van der Waals surface area contributed by atoms with Crippen LogP contribution in [0.25, 0.3) is 0 Å². The van der Waals surface area contributed by atoms with Crippen molar-refractivity contribution in [3.8, 4) is 0 Å². The number of hydrogen-bond acceptors (Lipinski definition) is 3. The molecule has 3 heteroatoms. The van der Waals surface area contributed by atoms with Gasteiger partial charge in [0.25, 0.3) is 0 Å². The van der Waals surface area contributed by atoms with Gasteiger partial charge >= 0.3 is 0 Å². The summed E-state index contributed by atoms with van der Waals surface area (Å²) in [6.45, 7) is 9.03. The van der Waals surface area contributed by atoms with Gasteiger partial charge < -0.3 is 10.1 Å². The van der Waals surface area contributed by atoms with E-state index in [-0.39, 0.29) is 0 Å². The van der Waals surface area contributed by atoms with Gasteiger partial charge in [-0.2, -0.15) is 0 Å². The van der Waals surface area contributed by atoms with E-state index in [2.05, 4.69) is 17.1 Å². The van der Waals surface area contributed by atoms with Crippen LogP contribution in [-0.2, 0) is 4.74 Å². The van der Waals surface area contributed by atoms with Crippen molar-refractivity contribution in [2.45, 2.75) is 38.7 Å². The summed E-state index contributed by atoms with van der Waals surface area (Å²) < 4.78 is 5.68. The van der Waals surface area contributed by atoms with Gasteiger partial charge in [-0.05, 0) is 44.7 Å². The van der Waals surface area contributed by atoms with Crippen LogP contribution in [0.3, 0.4) is 0 Å². The molecule has 0 bridgehead atoms. The second-order valence-electron chi connectivity index (χ2n) is 5.18. The molecule has 0 aromatic rings. The molecular formula is C13H26N2O. The Bertz CT molecular complexity index is 188. The summed E-state index contributed by atoms with van der Waals surface area (Å²) in [5.74, 6) is 0.994. The van der Waals surface area contributed by atoms with Crippen LogP contribution in [0.1, 0.15) is 32.6 Å². The topological polar surface area (TPSA) is 24.5 Å². The molecule has 0 aromatic carbocycles. The van der Waals surface area contributed by atoms with Crippen molar-refractivity contribution in [1.29, 1.82) is 0 Å². The highest BCUT2D eigenvalue weighted by Gasteiger charge is 2.21. The first kappa shape index (κ1) is 12.3. The number of ether oxygens (including phenoxy) is 1. The van der Waals surface area contributed by atoms with Crippen molar-refractivity contribution < 1.29 is 4.74 Å². The van der Waals surface area contributed by atoms with Crippen molar-refractivity contribution in [3.63, 3.8) is 0 Å². The molecule has 0 radical (unpaired) electrons. The molecule has 1 heterocycles. The van der Waals surface area contributed by atoms with Crippen LogP contribution >= 0.6 is 0 Å². The van der Waals surface area contributed by atoms with Crippen LogP contribution in [-0.4, -0.2) is 50.3 Å². The van der Waals surface area contributed by atoms with Crippen molar-refractivity contribution >= 4 is 0 Å². The minimum Gasteiger partial charge on any atom is -0.377 e. The average Bonchev–Trinajstić information content (AvgIpc) is 2.99. The second kappa shape index (κ2) is 6.58. The minimum atomic E-state index is 0.503. The normalized spacial score (nSPS) is 25.5. The molecule has 1 aliphatic heterocycles. The van der Waals surface area contributed by atoms with Crippen molar-refractivity contribution in [3.05, 3.63) is 0 Å². The number of hydrogen-bond donors (Lipinski definition) is 1. The summed E-state index contributed by atoms with van der Waals surface area (Å²) in [6.07, 6.45) is 5.90. The number of nitrogens with one attached hydrogen (secondary N) is 1. The van der Waals surface area contributed by atoms with Gasteiger partial charge in [0.15, 0.2) is 0 Å². The van der Waals surface area contributed by atoms with Gasteiger partial charge in [0, 0.05) is 26.2 Å². The minimum absolute atomic E-state index is 0.503. The number of likely N-dealkylation sites (N-methyl/N-ethyl adjacent to an activating group) is 1. The molecule has 0 aromatic heterocycles. The molecule has 2 rings (SSSR count). The molecule has 94 valence electrons. The van der Waals surface area contributed by atoms with E-state index in [0.29, 0.717) is 6.10 Å². The standard InChI is InChI=1S/C13H26N2O/c1-2-15(11-13-4-3-9-16-13)8-7-14-10-12-5-6-12/h12-14H,2-11H2,1H3. The molecule has 1 saturated carbocycles. The van der Waals surface area contributed by atoms with E-state index in [1.54, 1.807) is 0 Å². The van der Waals surface area contributed by atoms with E-state index in [0.717, 1.165) is 32.2 Å². The molecular weight excluding hydrogens is 200 g/mol. The Kier molecular flexibility index (Phi) is 5.07. The molecule has 0 amide bonds. The Morgan fingerprint density at radius 1 is 1.31 bits per heavy atom. The SMILES string of the molecule is CCN(CCNCC1CC1)CC1CCCO1. The van der Waals surface area contributed by atoms with Crippen molar-refractivity contribution in [2.75, 3.05) is 39.3 Å². The number of nitrogens with zero attached hydrogens (tertiary/aromatic N) is 1. The highest BCUT2D eigenvalue weighted by molar-refractivity contribution is 4.76. The van der Waals surface area contributed by atoms with E-state index in [4.69, 9.17) is 4.74 Å². The lowest BCUT2D eigenvalue weighted by Crippen LogP contribution is -2.37. The van der Waals surface area contributed by atoms with Gasteiger partial charge in [-0.1, -0.05) is 6.92 Å². The quantitative estimate of drug-likeness (QED) is 0.635. The van der Waals surface area contributed by atoms with Crippen LogP contribution in [0, 0.1) is 5.92 Å². The fourth-order valence-corrected chi connectivity index (χ4v) is 2.32. The Morgan fingerprint density at radius 2 is 2.19 bits per heavy atom. The van der Waals surface area contributed by atoms with Gasteiger partial charge in [-0.15, -0.1) is 0 Å². The zero-order valence-corrected chi connectivity index (χ0v) is 10.6. The van der Waals surface area contributed by atoms with E-state index >= 15 is 0 Å². The molecule has 16 heavy (non-hydrogen) atoms. The van der Waals surface area contributed by atoms with Gasteiger partial charge in [-0.25, -0.2) is 0 Å². The fraction of sp³-hybridized carbons (Fsp3) is 1.00. The lowest BCUT2D eigenvalue weighted by molar-refractivity contribution is 0.0751. The van der Waals surface area contributed by atoms with Gasteiger partial charge in [0.05, 0.1) is 6.10 Å². The molecule has 1 N–H and O–H groups in total. The summed E-state index contributed by atoms with van der Waals surface area (Å²) in [7, 11) is 0. The lowest BCUT2D eigenvalue weighted by Gasteiger charge is -2.23. The predicted octanol–water partition coefficient (Wildman–Crippen LogP) is 1.49. The zero-order valence-electron chi connectivity index (χ0n) is 10.6.